The highest BCUT2D eigenvalue weighted by Crippen LogP contribution is 2.44. The molecule has 10 nitrogen and oxygen atoms in total. The molecule has 1 amide bonds. The number of aliphatic hydroxyl groups is 1. The number of hydrogen-bond acceptors (Lipinski definition) is 10. The second-order valence-corrected chi connectivity index (χ2v) is 10.6. The predicted molar refractivity (Wildman–Crippen MR) is 143 cm³/mol. The monoisotopic (exact) mass is 545 g/mol. The molecule has 190 valence electrons. The molecule has 1 aliphatic heterocycles. The van der Waals surface area contributed by atoms with Crippen LogP contribution in [-0.2, 0) is 15.3 Å². The van der Waals surface area contributed by atoms with Gasteiger partial charge in [0.25, 0.3) is 11.5 Å². The van der Waals surface area contributed by atoms with Crippen molar-refractivity contribution in [3.8, 4) is 0 Å². The number of amides is 1. The molecule has 38 heavy (non-hydrogen) atoms. The second kappa shape index (κ2) is 10.5. The van der Waals surface area contributed by atoms with Crippen LogP contribution in [0.1, 0.15) is 28.3 Å². The first kappa shape index (κ1) is 25.2. The molecule has 1 saturated heterocycles. The van der Waals surface area contributed by atoms with Crippen molar-refractivity contribution in [3.05, 3.63) is 111 Å². The van der Waals surface area contributed by atoms with E-state index in [1.165, 1.54) is 54.5 Å². The van der Waals surface area contributed by atoms with Gasteiger partial charge in [0, 0.05) is 35.8 Å². The number of pyridine rings is 1. The number of carbonyl (C=O) groups is 2. The molecule has 0 spiro atoms. The van der Waals surface area contributed by atoms with Crippen LogP contribution in [0.15, 0.2) is 83.0 Å². The lowest BCUT2D eigenvalue weighted by Crippen LogP contribution is -2.29. The Balaban J connectivity index is 1.56. The quantitative estimate of drug-likeness (QED) is 0.0641. The Bertz CT molecular complexity index is 1570. The number of Topliss-reactive ketones (excluding diaryl/α,β-unsaturated/α-hetero) is 1. The fourth-order valence-electron chi connectivity index (χ4n) is 4.01. The third-order valence-electron chi connectivity index (χ3n) is 5.88. The minimum absolute atomic E-state index is 0.142. The van der Waals surface area contributed by atoms with Gasteiger partial charge in [-0.25, -0.2) is 0 Å². The smallest absolute Gasteiger partial charge is 0.301 e. The zero-order valence-electron chi connectivity index (χ0n) is 19.8. The van der Waals surface area contributed by atoms with Gasteiger partial charge in [-0.15, -0.1) is 10.2 Å². The number of nitro benzene ring substituents is 1. The van der Waals surface area contributed by atoms with Gasteiger partial charge in [0.2, 0.25) is 5.13 Å². The Kier molecular flexibility index (Phi) is 6.99. The number of non-ortho nitro benzene ring substituents is 1. The number of carbonyl (C=O) groups excluding carboxylic acids is 2. The Morgan fingerprint density at radius 3 is 2.55 bits per heavy atom. The number of aryl methyl sites for hydroxylation is 1. The van der Waals surface area contributed by atoms with Crippen LogP contribution in [0.5, 0.6) is 0 Å². The molecule has 12 heteroatoms. The van der Waals surface area contributed by atoms with Crippen LogP contribution in [-0.4, -0.2) is 36.9 Å². The molecule has 4 aromatic rings. The van der Waals surface area contributed by atoms with Crippen molar-refractivity contribution < 1.29 is 19.6 Å². The number of rotatable bonds is 7. The van der Waals surface area contributed by atoms with Gasteiger partial charge < -0.3 is 5.11 Å². The summed E-state index contributed by atoms with van der Waals surface area (Å²) < 4.78 is 0.578. The Labute approximate surface area is 224 Å². The standard InChI is InChI=1S/C26H19N5O5S2/c1-15-5-7-16(8-6-15)14-37-26-29-28-25(38-26)30-21(18-3-2-4-19(13-18)31(35)36)20(23(33)24(30)34)22(32)17-9-11-27-12-10-17/h2-13,21,32H,14H2,1H3/b22-20+. The summed E-state index contributed by atoms with van der Waals surface area (Å²) in [6, 6.07) is 15.5. The van der Waals surface area contributed by atoms with Crippen LogP contribution in [0.2, 0.25) is 0 Å². The van der Waals surface area contributed by atoms with Crippen molar-refractivity contribution in [1.82, 2.24) is 15.2 Å². The molecule has 0 saturated carbocycles. The molecular formula is C26H19N5O5S2. The van der Waals surface area contributed by atoms with E-state index >= 15 is 0 Å². The number of ketones is 1. The molecule has 2 aromatic carbocycles. The lowest BCUT2D eigenvalue weighted by molar-refractivity contribution is -0.384. The minimum Gasteiger partial charge on any atom is -0.507 e. The van der Waals surface area contributed by atoms with E-state index in [1.54, 1.807) is 6.07 Å². The summed E-state index contributed by atoms with van der Waals surface area (Å²) in [6.45, 7) is 2.01. The van der Waals surface area contributed by atoms with Crippen molar-refractivity contribution in [2.45, 2.75) is 23.1 Å². The van der Waals surface area contributed by atoms with Gasteiger partial charge in [-0.3, -0.25) is 29.6 Å². The summed E-state index contributed by atoms with van der Waals surface area (Å²) in [4.78, 5) is 42.5. The Morgan fingerprint density at radius 2 is 1.84 bits per heavy atom. The SMILES string of the molecule is Cc1ccc(CSc2nnc(N3C(=O)C(=O)/C(=C(/O)c4ccncc4)C3c3cccc([N+](=O)[O-])c3)s2)cc1. The number of aromatic nitrogens is 3. The Morgan fingerprint density at radius 1 is 1.11 bits per heavy atom. The predicted octanol–water partition coefficient (Wildman–Crippen LogP) is 5.07. The average molecular weight is 546 g/mol. The first-order chi connectivity index (χ1) is 18.3. The zero-order chi connectivity index (χ0) is 26.8. The highest BCUT2D eigenvalue weighted by atomic mass is 32.2. The second-order valence-electron chi connectivity index (χ2n) is 8.38. The van der Waals surface area contributed by atoms with E-state index in [0.29, 0.717) is 10.1 Å². The highest BCUT2D eigenvalue weighted by molar-refractivity contribution is 8.00. The summed E-state index contributed by atoms with van der Waals surface area (Å²) in [6.07, 6.45) is 2.88. The van der Waals surface area contributed by atoms with E-state index in [2.05, 4.69) is 15.2 Å². The maximum absolute atomic E-state index is 13.3. The first-order valence-electron chi connectivity index (χ1n) is 11.3. The van der Waals surface area contributed by atoms with Crippen LogP contribution in [0.4, 0.5) is 10.8 Å². The number of aliphatic hydroxyl groups excluding tert-OH is 1. The van der Waals surface area contributed by atoms with Gasteiger partial charge >= 0.3 is 5.91 Å². The molecule has 1 aliphatic rings. The summed E-state index contributed by atoms with van der Waals surface area (Å²) in [5.74, 6) is -1.63. The van der Waals surface area contributed by atoms with E-state index < -0.39 is 28.4 Å². The maximum atomic E-state index is 13.3. The van der Waals surface area contributed by atoms with E-state index in [1.807, 2.05) is 31.2 Å². The van der Waals surface area contributed by atoms with E-state index in [0.717, 1.165) is 27.4 Å². The number of benzene rings is 2. The van der Waals surface area contributed by atoms with Gasteiger partial charge in [-0.1, -0.05) is 65.1 Å². The lowest BCUT2D eigenvalue weighted by Gasteiger charge is -2.22. The molecule has 0 bridgehead atoms. The lowest BCUT2D eigenvalue weighted by atomic mass is 9.95. The summed E-state index contributed by atoms with van der Waals surface area (Å²) in [5.41, 5.74) is 2.37. The van der Waals surface area contributed by atoms with Crippen LogP contribution < -0.4 is 4.90 Å². The Hall–Kier alpha value is -4.42. The first-order valence-corrected chi connectivity index (χ1v) is 13.1. The fourth-order valence-corrected chi connectivity index (χ4v) is 5.83. The average Bonchev–Trinajstić information content (AvgIpc) is 3.50. The van der Waals surface area contributed by atoms with E-state index in [9.17, 15) is 24.8 Å². The summed E-state index contributed by atoms with van der Waals surface area (Å²) in [5, 5.41) is 31.1. The van der Waals surface area contributed by atoms with Gasteiger partial charge in [-0.2, -0.15) is 0 Å². The van der Waals surface area contributed by atoms with Crippen LogP contribution in [0.3, 0.4) is 0 Å². The molecule has 0 radical (unpaired) electrons. The topological polar surface area (TPSA) is 139 Å². The largest absolute Gasteiger partial charge is 0.507 e. The molecular weight excluding hydrogens is 526 g/mol. The molecule has 0 aliphatic carbocycles. The van der Waals surface area contributed by atoms with Gasteiger partial charge in [0.15, 0.2) is 4.34 Å². The third-order valence-corrected chi connectivity index (χ3v) is 8.01. The van der Waals surface area contributed by atoms with Crippen molar-refractivity contribution in [1.29, 1.82) is 0 Å². The summed E-state index contributed by atoms with van der Waals surface area (Å²) in [7, 11) is 0. The molecule has 5 rings (SSSR count). The molecule has 1 N–H and O–H groups in total. The zero-order valence-corrected chi connectivity index (χ0v) is 21.5. The minimum atomic E-state index is -1.15. The number of anilines is 1. The van der Waals surface area contributed by atoms with Gasteiger partial charge in [0.1, 0.15) is 5.76 Å². The van der Waals surface area contributed by atoms with E-state index in [-0.39, 0.29) is 27.5 Å². The van der Waals surface area contributed by atoms with E-state index in [4.69, 9.17) is 0 Å². The molecule has 2 aromatic heterocycles. The van der Waals surface area contributed by atoms with Crippen LogP contribution in [0.25, 0.3) is 5.76 Å². The number of thioether (sulfide) groups is 1. The maximum Gasteiger partial charge on any atom is 0.301 e. The van der Waals surface area contributed by atoms with Gasteiger partial charge in [0.05, 0.1) is 16.5 Å². The normalized spacial score (nSPS) is 16.7. The highest BCUT2D eigenvalue weighted by Gasteiger charge is 2.48. The van der Waals surface area contributed by atoms with Gasteiger partial charge in [-0.05, 0) is 30.2 Å². The number of nitrogens with zero attached hydrogens (tertiary/aromatic N) is 5. The van der Waals surface area contributed by atoms with Crippen molar-refractivity contribution in [2.24, 2.45) is 0 Å². The van der Waals surface area contributed by atoms with Crippen LogP contribution in [0, 0.1) is 17.0 Å². The van der Waals surface area contributed by atoms with Crippen molar-refractivity contribution in [2.75, 3.05) is 4.90 Å². The fraction of sp³-hybridized carbons (Fsp3) is 0.115. The molecule has 1 unspecified atom stereocenters. The third kappa shape index (κ3) is 4.91. The number of nitro groups is 1. The molecule has 1 atom stereocenters. The number of hydrogen-bond donors (Lipinski definition) is 1. The summed E-state index contributed by atoms with van der Waals surface area (Å²) >= 11 is 2.56. The molecule has 1 fully saturated rings. The van der Waals surface area contributed by atoms with Crippen LogP contribution >= 0.6 is 23.1 Å². The molecule has 3 heterocycles. The van der Waals surface area contributed by atoms with Crippen molar-refractivity contribution in [3.63, 3.8) is 0 Å². The van der Waals surface area contributed by atoms with Crippen molar-refractivity contribution >= 4 is 51.4 Å².